The average Bonchev–Trinajstić information content (AvgIpc) is 3.43. The summed E-state index contributed by atoms with van der Waals surface area (Å²) in [5.41, 5.74) is 14.4. The molecule has 3 amide bonds. The molecule has 0 saturated carbocycles. The van der Waals surface area contributed by atoms with Gasteiger partial charge in [-0.2, -0.15) is 5.01 Å². The average molecular weight is 567 g/mol. The number of hydrazine groups is 1. The number of anilines is 2. The fourth-order valence-electron chi connectivity index (χ4n) is 5.63. The van der Waals surface area contributed by atoms with Crippen molar-refractivity contribution in [2.75, 3.05) is 38.1 Å². The van der Waals surface area contributed by atoms with E-state index in [1.165, 1.54) is 17.4 Å². The number of carbonyl (C=O) groups is 3. The summed E-state index contributed by atoms with van der Waals surface area (Å²) in [5.74, 6) is -0.656. The normalized spacial score (nSPS) is 19.6. The number of hydrogen-bond donors (Lipinski definition) is 4. The van der Waals surface area contributed by atoms with Crippen LogP contribution in [0.15, 0.2) is 36.4 Å². The molecule has 3 aromatic rings. The van der Waals surface area contributed by atoms with Crippen molar-refractivity contribution in [1.29, 1.82) is 0 Å². The number of aromatic hydroxyl groups is 1. The van der Waals surface area contributed by atoms with Crippen LogP contribution in [0.2, 0.25) is 0 Å². The summed E-state index contributed by atoms with van der Waals surface area (Å²) in [6.07, 6.45) is -0.344. The van der Waals surface area contributed by atoms with Crippen molar-refractivity contribution in [3.8, 4) is 5.75 Å². The lowest BCUT2D eigenvalue weighted by Gasteiger charge is -2.47. The Hall–Kier alpha value is -3.94. The van der Waals surface area contributed by atoms with Crippen LogP contribution in [-0.4, -0.2) is 92.6 Å². The maximum atomic E-state index is 14.1. The molecule has 2 aromatic carbocycles. The number of nitrogens with one attached hydrogen (secondary N) is 1. The molecule has 6 N–H and O–H groups in total. The van der Waals surface area contributed by atoms with Crippen LogP contribution in [0.25, 0.3) is 10.2 Å². The lowest BCUT2D eigenvalue weighted by atomic mass is 9.99. The van der Waals surface area contributed by atoms with E-state index in [0.717, 1.165) is 15.8 Å². The molecular formula is C27H34N8O4S. The molecule has 2 fully saturated rings. The minimum atomic E-state index is -0.826. The Morgan fingerprint density at radius 3 is 2.73 bits per heavy atom. The summed E-state index contributed by atoms with van der Waals surface area (Å²) < 4.78 is 0.929. The maximum Gasteiger partial charge on any atom is 0.251 e. The number of benzene rings is 2. The molecule has 2 aliphatic heterocycles. The Kier molecular flexibility index (Phi) is 7.53. The highest BCUT2D eigenvalue weighted by Gasteiger charge is 2.52. The zero-order chi connectivity index (χ0) is 28.7. The van der Waals surface area contributed by atoms with Gasteiger partial charge in [0.25, 0.3) is 5.91 Å². The lowest BCUT2D eigenvalue weighted by molar-refractivity contribution is -0.170. The molecule has 1 aromatic heterocycles. The van der Waals surface area contributed by atoms with E-state index < -0.39 is 12.2 Å². The number of piperazine rings is 1. The van der Waals surface area contributed by atoms with Gasteiger partial charge in [-0.25, -0.2) is 4.98 Å². The first-order valence-corrected chi connectivity index (χ1v) is 13.9. The van der Waals surface area contributed by atoms with E-state index in [4.69, 9.17) is 11.5 Å². The number of phenols is 1. The van der Waals surface area contributed by atoms with Crippen molar-refractivity contribution in [2.45, 2.75) is 45.1 Å². The van der Waals surface area contributed by atoms with Gasteiger partial charge in [-0.05, 0) is 50.2 Å². The van der Waals surface area contributed by atoms with Gasteiger partial charge in [0.05, 0.1) is 35.5 Å². The molecule has 0 aliphatic carbocycles. The molecule has 2 atom stereocenters. The third kappa shape index (κ3) is 5.03. The Balaban J connectivity index is 1.53. The summed E-state index contributed by atoms with van der Waals surface area (Å²) in [6.45, 7) is 4.37. The number of nitrogens with zero attached hydrogens (tertiary/aromatic N) is 5. The van der Waals surface area contributed by atoms with Gasteiger partial charge in [-0.3, -0.25) is 19.4 Å². The van der Waals surface area contributed by atoms with E-state index in [-0.39, 0.29) is 67.8 Å². The van der Waals surface area contributed by atoms with Gasteiger partial charge in [0, 0.05) is 19.0 Å². The predicted octanol–water partition coefficient (Wildman–Crippen LogP) is 0.962. The molecule has 40 heavy (non-hydrogen) atoms. The van der Waals surface area contributed by atoms with Crippen LogP contribution in [0.1, 0.15) is 25.0 Å². The third-order valence-corrected chi connectivity index (χ3v) is 8.17. The highest BCUT2D eigenvalue weighted by Crippen LogP contribution is 2.33. The number of carbonyl (C=O) groups excluding carboxylic acids is 3. The Morgan fingerprint density at radius 1 is 1.25 bits per heavy atom. The number of para-hydroxylation sites is 1. The second kappa shape index (κ2) is 10.9. The van der Waals surface area contributed by atoms with Gasteiger partial charge < -0.3 is 31.7 Å². The van der Waals surface area contributed by atoms with Gasteiger partial charge in [0.1, 0.15) is 18.0 Å². The number of thiazole rings is 1. The van der Waals surface area contributed by atoms with Crippen LogP contribution in [-0.2, 0) is 27.3 Å². The number of nitrogen functional groups attached to an aromatic ring is 2. The van der Waals surface area contributed by atoms with Crippen LogP contribution in [0.4, 0.5) is 10.8 Å². The molecule has 3 heterocycles. The van der Waals surface area contributed by atoms with Crippen molar-refractivity contribution in [3.05, 3.63) is 47.5 Å². The van der Waals surface area contributed by atoms with Crippen molar-refractivity contribution in [3.63, 3.8) is 0 Å². The quantitative estimate of drug-likeness (QED) is 0.230. The van der Waals surface area contributed by atoms with E-state index in [0.29, 0.717) is 10.7 Å². The summed E-state index contributed by atoms with van der Waals surface area (Å²) in [4.78, 5) is 48.5. The molecule has 13 heteroatoms. The monoisotopic (exact) mass is 566 g/mol. The van der Waals surface area contributed by atoms with Crippen LogP contribution < -0.4 is 16.8 Å². The van der Waals surface area contributed by atoms with E-state index in [1.54, 1.807) is 39.0 Å². The van der Waals surface area contributed by atoms with Gasteiger partial charge in [-0.1, -0.05) is 29.5 Å². The van der Waals surface area contributed by atoms with Crippen LogP contribution >= 0.6 is 11.3 Å². The van der Waals surface area contributed by atoms with Gasteiger partial charge >= 0.3 is 0 Å². The smallest absolute Gasteiger partial charge is 0.251 e. The summed E-state index contributed by atoms with van der Waals surface area (Å²) in [7, 11) is 1.70. The first-order valence-electron chi connectivity index (χ1n) is 13.1. The summed E-state index contributed by atoms with van der Waals surface area (Å²) >= 11 is 1.38. The molecule has 5 rings (SSSR count). The zero-order valence-electron chi connectivity index (χ0n) is 22.7. The number of aromatic nitrogens is 1. The molecule has 2 saturated heterocycles. The van der Waals surface area contributed by atoms with Crippen LogP contribution in [0.3, 0.4) is 0 Å². The molecule has 0 bridgehead atoms. The van der Waals surface area contributed by atoms with E-state index >= 15 is 0 Å². The fourth-order valence-corrected chi connectivity index (χ4v) is 6.42. The molecule has 2 aliphatic rings. The Morgan fingerprint density at radius 2 is 2.02 bits per heavy atom. The molecule has 0 radical (unpaired) electrons. The number of likely N-dealkylation sites (N-methyl/N-ethyl adjacent to an activating group) is 1. The standard InChI is InChI=1S/C27H34N8O4S/c1-15(2)35(23(37)11-30-3)33-14-24(38)34-19(10-16-7-8-20(36)18(28)9-16)26(39)32(13-22(33)34)12-17-5-4-6-21-25(17)31-27(29)40-21/h4-9,15,19,22,30,36H,10-14,28H2,1-3H3,(H2,29,31)/t19-,22+/m0/s1. The predicted molar refractivity (Wildman–Crippen MR) is 153 cm³/mol. The van der Waals surface area contributed by atoms with Gasteiger partial charge in [-0.15, -0.1) is 0 Å². The molecule has 0 spiro atoms. The molecule has 0 unspecified atom stereocenters. The molecular weight excluding hydrogens is 532 g/mol. The SMILES string of the molecule is CNCC(=O)N(C(C)C)N1CC(=O)N2[C@@H](Cc3ccc(O)c(N)c3)C(=O)N(Cc3cccc4sc(N)nc34)C[C@@H]21. The highest BCUT2D eigenvalue weighted by atomic mass is 32.1. The minimum Gasteiger partial charge on any atom is -0.506 e. The topological polar surface area (TPSA) is 161 Å². The number of nitrogens with two attached hydrogens (primary N) is 2. The van der Waals surface area contributed by atoms with E-state index in [9.17, 15) is 19.5 Å². The van der Waals surface area contributed by atoms with Crippen molar-refractivity contribution < 1.29 is 19.5 Å². The minimum absolute atomic E-state index is 0.0220. The second-order valence-corrected chi connectivity index (χ2v) is 11.5. The zero-order valence-corrected chi connectivity index (χ0v) is 23.5. The number of phenolic OH excluding ortho intramolecular Hbond substituents is 1. The van der Waals surface area contributed by atoms with E-state index in [2.05, 4.69) is 10.3 Å². The van der Waals surface area contributed by atoms with Crippen LogP contribution in [0, 0.1) is 0 Å². The Bertz CT molecular complexity index is 1460. The van der Waals surface area contributed by atoms with Gasteiger partial charge in [0.15, 0.2) is 5.13 Å². The third-order valence-electron chi connectivity index (χ3n) is 7.32. The Labute approximate surface area is 236 Å². The second-order valence-electron chi connectivity index (χ2n) is 10.4. The maximum absolute atomic E-state index is 14.1. The van der Waals surface area contributed by atoms with Crippen LogP contribution in [0.5, 0.6) is 5.75 Å². The van der Waals surface area contributed by atoms with Crippen molar-refractivity contribution in [2.24, 2.45) is 0 Å². The number of hydrogen-bond acceptors (Lipinski definition) is 10. The largest absolute Gasteiger partial charge is 0.506 e. The number of amides is 3. The summed E-state index contributed by atoms with van der Waals surface area (Å²) in [6, 6.07) is 9.53. The fraction of sp³-hybridized carbons (Fsp3) is 0.407. The molecule has 212 valence electrons. The lowest BCUT2D eigenvalue weighted by Crippen LogP contribution is -2.66. The first kappa shape index (κ1) is 27.6. The summed E-state index contributed by atoms with van der Waals surface area (Å²) in [5, 5.41) is 16.7. The van der Waals surface area contributed by atoms with Crippen molar-refractivity contribution >= 4 is 50.1 Å². The first-order chi connectivity index (χ1) is 19.1. The molecule has 12 nitrogen and oxygen atoms in total. The highest BCUT2D eigenvalue weighted by molar-refractivity contribution is 7.22. The van der Waals surface area contributed by atoms with Gasteiger partial charge in [0.2, 0.25) is 11.8 Å². The van der Waals surface area contributed by atoms with E-state index in [1.807, 2.05) is 32.0 Å². The number of rotatable bonds is 8. The van der Waals surface area contributed by atoms with Crippen molar-refractivity contribution in [1.82, 2.24) is 30.1 Å². The number of fused-ring (bicyclic) bond motifs is 2.